The van der Waals surface area contributed by atoms with Gasteiger partial charge in [0.05, 0.1) is 5.56 Å². The molecule has 2 fully saturated rings. The van der Waals surface area contributed by atoms with Gasteiger partial charge in [-0.05, 0) is 36.2 Å². The number of hydrogen-bond acceptors (Lipinski definition) is 3. The van der Waals surface area contributed by atoms with E-state index in [1.54, 1.807) is 24.3 Å². The zero-order chi connectivity index (χ0) is 19.5. The Balaban J connectivity index is 1.22. The van der Waals surface area contributed by atoms with Crippen LogP contribution in [0.2, 0.25) is 0 Å². The summed E-state index contributed by atoms with van der Waals surface area (Å²) in [6.07, 6.45) is 2.57. The smallest absolute Gasteiger partial charge is 0.335 e. The zero-order valence-electron chi connectivity index (χ0n) is 15.6. The molecule has 1 saturated heterocycles. The summed E-state index contributed by atoms with van der Waals surface area (Å²) in [5, 5.41) is 12.1. The van der Waals surface area contributed by atoms with Crippen LogP contribution in [0.5, 0.6) is 5.75 Å². The fourth-order valence-corrected chi connectivity index (χ4v) is 3.72. The third-order valence-corrected chi connectivity index (χ3v) is 5.46. The van der Waals surface area contributed by atoms with E-state index in [4.69, 9.17) is 9.84 Å². The first-order valence-electron chi connectivity index (χ1n) is 9.70. The highest BCUT2D eigenvalue weighted by Crippen LogP contribution is 2.40. The number of likely N-dealkylation sites (tertiary alicyclic amines) is 1. The Bertz CT molecular complexity index is 829. The first kappa shape index (κ1) is 18.3. The van der Waals surface area contributed by atoms with Gasteiger partial charge in [0.1, 0.15) is 11.9 Å². The van der Waals surface area contributed by atoms with Gasteiger partial charge in [0.15, 0.2) is 0 Å². The molecule has 0 bridgehead atoms. The van der Waals surface area contributed by atoms with Gasteiger partial charge in [0.2, 0.25) is 0 Å². The Kier molecular flexibility index (Phi) is 5.19. The van der Waals surface area contributed by atoms with Crippen LogP contribution in [0.4, 0.5) is 4.79 Å². The number of rotatable bonds is 5. The van der Waals surface area contributed by atoms with Gasteiger partial charge >= 0.3 is 12.0 Å². The average Bonchev–Trinajstić information content (AvgIpc) is 3.49. The molecule has 4 rings (SSSR count). The molecule has 6 heteroatoms. The standard InChI is InChI=1S/C22H24N2O4/c25-21(26)16-6-8-17(9-7-16)28-18-10-12-24(13-11-18)22(27)23-20-14-19(20)15-4-2-1-3-5-15/h1-9,18-20H,10-14H2,(H,23,27)(H,25,26)/t19-,20+/m1/s1. The second-order valence-corrected chi connectivity index (χ2v) is 7.44. The maximum atomic E-state index is 12.5. The van der Waals surface area contributed by atoms with E-state index < -0.39 is 5.97 Å². The zero-order valence-corrected chi connectivity index (χ0v) is 15.6. The van der Waals surface area contributed by atoms with E-state index in [1.807, 2.05) is 23.1 Å². The van der Waals surface area contributed by atoms with Crippen molar-refractivity contribution in [3.05, 3.63) is 65.7 Å². The second kappa shape index (κ2) is 7.92. The van der Waals surface area contributed by atoms with Crippen LogP contribution in [0.15, 0.2) is 54.6 Å². The number of hydrogen-bond donors (Lipinski definition) is 2. The molecule has 0 spiro atoms. The predicted octanol–water partition coefficient (Wildman–Crippen LogP) is 3.49. The second-order valence-electron chi connectivity index (χ2n) is 7.44. The SMILES string of the molecule is O=C(O)c1ccc(OC2CCN(C(=O)N[C@H]3C[C@@H]3c3ccccc3)CC2)cc1. The number of carbonyl (C=O) groups excluding carboxylic acids is 1. The van der Waals surface area contributed by atoms with Gasteiger partial charge in [0.25, 0.3) is 0 Å². The first-order valence-corrected chi connectivity index (χ1v) is 9.70. The van der Waals surface area contributed by atoms with Crippen LogP contribution < -0.4 is 10.1 Å². The van der Waals surface area contributed by atoms with Gasteiger partial charge in [-0.2, -0.15) is 0 Å². The minimum absolute atomic E-state index is 0.00712. The lowest BCUT2D eigenvalue weighted by Gasteiger charge is -2.32. The van der Waals surface area contributed by atoms with Gasteiger partial charge in [0, 0.05) is 37.9 Å². The summed E-state index contributed by atoms with van der Waals surface area (Å²) in [7, 11) is 0. The molecular weight excluding hydrogens is 356 g/mol. The van der Waals surface area contributed by atoms with Crippen molar-refractivity contribution in [1.29, 1.82) is 0 Å². The number of aromatic carboxylic acids is 1. The fourth-order valence-electron chi connectivity index (χ4n) is 3.72. The van der Waals surface area contributed by atoms with Crippen molar-refractivity contribution < 1.29 is 19.4 Å². The van der Waals surface area contributed by atoms with Crippen molar-refractivity contribution in [2.45, 2.75) is 37.3 Å². The summed E-state index contributed by atoms with van der Waals surface area (Å²) in [5.41, 5.74) is 1.53. The van der Waals surface area contributed by atoms with Gasteiger partial charge in [-0.3, -0.25) is 0 Å². The summed E-state index contributed by atoms with van der Waals surface area (Å²) in [4.78, 5) is 25.3. The van der Waals surface area contributed by atoms with Crippen LogP contribution >= 0.6 is 0 Å². The van der Waals surface area contributed by atoms with E-state index >= 15 is 0 Å². The van der Waals surface area contributed by atoms with E-state index in [1.165, 1.54) is 5.56 Å². The number of nitrogens with one attached hydrogen (secondary N) is 1. The molecule has 2 aromatic rings. The van der Waals surface area contributed by atoms with Crippen molar-refractivity contribution in [3.8, 4) is 5.75 Å². The molecule has 1 heterocycles. The lowest BCUT2D eigenvalue weighted by Crippen LogP contribution is -2.47. The van der Waals surface area contributed by atoms with E-state index in [0.29, 0.717) is 24.8 Å². The highest BCUT2D eigenvalue weighted by molar-refractivity contribution is 5.87. The Morgan fingerprint density at radius 3 is 2.32 bits per heavy atom. The van der Waals surface area contributed by atoms with Gasteiger partial charge < -0.3 is 20.1 Å². The molecule has 2 atom stereocenters. The summed E-state index contributed by atoms with van der Waals surface area (Å²) in [5.74, 6) is 0.146. The molecule has 0 radical (unpaired) electrons. The Morgan fingerprint density at radius 1 is 1.00 bits per heavy atom. The molecule has 146 valence electrons. The summed E-state index contributed by atoms with van der Waals surface area (Å²) in [6.45, 7) is 1.32. The lowest BCUT2D eigenvalue weighted by molar-refractivity contribution is 0.0697. The lowest BCUT2D eigenvalue weighted by atomic mass is 10.1. The molecule has 28 heavy (non-hydrogen) atoms. The van der Waals surface area contributed by atoms with E-state index in [9.17, 15) is 9.59 Å². The van der Waals surface area contributed by atoms with Gasteiger partial charge in [-0.15, -0.1) is 0 Å². The van der Waals surface area contributed by atoms with Crippen molar-refractivity contribution >= 4 is 12.0 Å². The van der Waals surface area contributed by atoms with Crippen LogP contribution in [-0.4, -0.2) is 47.2 Å². The molecule has 6 nitrogen and oxygen atoms in total. The number of piperidine rings is 1. The van der Waals surface area contributed by atoms with Crippen molar-refractivity contribution in [2.24, 2.45) is 0 Å². The number of carboxylic acids is 1. The summed E-state index contributed by atoms with van der Waals surface area (Å²) in [6, 6.07) is 17.0. The third-order valence-electron chi connectivity index (χ3n) is 5.46. The summed E-state index contributed by atoms with van der Waals surface area (Å²) >= 11 is 0. The third kappa shape index (κ3) is 4.27. The first-order chi connectivity index (χ1) is 13.6. The Morgan fingerprint density at radius 2 is 1.68 bits per heavy atom. The van der Waals surface area contributed by atoms with Gasteiger partial charge in [-0.25, -0.2) is 9.59 Å². The van der Waals surface area contributed by atoms with Crippen molar-refractivity contribution in [3.63, 3.8) is 0 Å². The quantitative estimate of drug-likeness (QED) is 0.832. The number of carboxylic acid groups (broad SMARTS) is 1. The van der Waals surface area contributed by atoms with Crippen LogP contribution in [0.1, 0.15) is 41.1 Å². The van der Waals surface area contributed by atoms with Crippen LogP contribution in [-0.2, 0) is 0 Å². The molecular formula is C22H24N2O4. The fraction of sp³-hybridized carbons (Fsp3) is 0.364. The highest BCUT2D eigenvalue weighted by atomic mass is 16.5. The number of nitrogens with zero attached hydrogens (tertiary/aromatic N) is 1. The topological polar surface area (TPSA) is 78.9 Å². The highest BCUT2D eigenvalue weighted by Gasteiger charge is 2.40. The molecule has 0 aromatic heterocycles. The van der Waals surface area contributed by atoms with Crippen LogP contribution in [0.3, 0.4) is 0 Å². The Hall–Kier alpha value is -3.02. The maximum absolute atomic E-state index is 12.5. The average molecular weight is 380 g/mol. The molecule has 2 N–H and O–H groups in total. The van der Waals surface area contributed by atoms with Crippen LogP contribution in [0.25, 0.3) is 0 Å². The molecule has 1 aliphatic heterocycles. The Labute approximate surface area is 164 Å². The largest absolute Gasteiger partial charge is 0.490 e. The van der Waals surface area contributed by atoms with E-state index in [2.05, 4.69) is 17.4 Å². The molecule has 0 unspecified atom stereocenters. The number of benzene rings is 2. The minimum Gasteiger partial charge on any atom is -0.490 e. The number of urea groups is 1. The van der Waals surface area contributed by atoms with E-state index in [-0.39, 0.29) is 23.7 Å². The van der Waals surface area contributed by atoms with Gasteiger partial charge in [-0.1, -0.05) is 30.3 Å². The van der Waals surface area contributed by atoms with E-state index in [0.717, 1.165) is 19.3 Å². The molecule has 1 saturated carbocycles. The monoisotopic (exact) mass is 380 g/mol. The molecule has 1 aliphatic carbocycles. The molecule has 2 amide bonds. The van der Waals surface area contributed by atoms with Crippen molar-refractivity contribution in [2.75, 3.05) is 13.1 Å². The predicted molar refractivity (Wildman–Crippen MR) is 105 cm³/mol. The number of carbonyl (C=O) groups is 2. The van der Waals surface area contributed by atoms with Crippen LogP contribution in [0, 0.1) is 0 Å². The maximum Gasteiger partial charge on any atom is 0.335 e. The molecule has 2 aromatic carbocycles. The number of ether oxygens (including phenoxy) is 1. The molecule has 2 aliphatic rings. The summed E-state index contributed by atoms with van der Waals surface area (Å²) < 4.78 is 5.94. The van der Waals surface area contributed by atoms with Crippen molar-refractivity contribution in [1.82, 2.24) is 10.2 Å². The normalized spacial score (nSPS) is 21.8. The number of amides is 2. The minimum atomic E-state index is -0.948.